The average Bonchev–Trinajstić information content (AvgIpc) is 2.67. The topological polar surface area (TPSA) is 87.7 Å². The lowest BCUT2D eigenvalue weighted by Gasteiger charge is -2.16. The number of ether oxygens (including phenoxy) is 1. The summed E-state index contributed by atoms with van der Waals surface area (Å²) < 4.78 is 40.5. The lowest BCUT2D eigenvalue weighted by atomic mass is 10.0. The molecule has 162 valence electrons. The number of hydrogen-bond donors (Lipinski definition) is 3. The molecule has 2 aromatic rings. The Hall–Kier alpha value is -3.23. The highest BCUT2D eigenvalue weighted by molar-refractivity contribution is 5.85. The standard InChI is InChI=1S/C21H23F3N2O4/c1-2-3-18(26-20(28)29)19(27)25-13-12-14-4-6-15(7-5-14)16-8-10-17(11-9-16)30-21(22,23)24/h4-11,18,26H,2-3,12-13H2,1H3,(H,25,27)(H,28,29). The zero-order chi connectivity index (χ0) is 22.1. The molecule has 2 amide bonds. The molecule has 0 aromatic heterocycles. The van der Waals surface area contributed by atoms with Crippen LogP contribution in [0.2, 0.25) is 0 Å². The van der Waals surface area contributed by atoms with E-state index < -0.39 is 18.5 Å². The van der Waals surface area contributed by atoms with E-state index in [1.807, 2.05) is 31.2 Å². The molecule has 0 aliphatic carbocycles. The number of hydrogen-bond acceptors (Lipinski definition) is 3. The molecule has 6 nitrogen and oxygen atoms in total. The second-order valence-corrected chi connectivity index (χ2v) is 6.60. The number of carboxylic acid groups (broad SMARTS) is 1. The highest BCUT2D eigenvalue weighted by atomic mass is 19.4. The number of benzene rings is 2. The van der Waals surface area contributed by atoms with Gasteiger partial charge in [-0.05, 0) is 41.7 Å². The molecular formula is C21H23F3N2O4. The largest absolute Gasteiger partial charge is 0.573 e. The van der Waals surface area contributed by atoms with E-state index in [1.54, 1.807) is 12.1 Å². The Balaban J connectivity index is 1.88. The SMILES string of the molecule is CCCC(NC(=O)O)C(=O)NCCc1ccc(-c2ccc(OC(F)(F)F)cc2)cc1. The van der Waals surface area contributed by atoms with Gasteiger partial charge in [0.25, 0.3) is 0 Å². The Labute approximate surface area is 172 Å². The Morgan fingerprint density at radius 1 is 1.03 bits per heavy atom. The van der Waals surface area contributed by atoms with Crippen molar-refractivity contribution >= 4 is 12.0 Å². The zero-order valence-electron chi connectivity index (χ0n) is 16.3. The van der Waals surface area contributed by atoms with Gasteiger partial charge >= 0.3 is 12.5 Å². The highest BCUT2D eigenvalue weighted by Crippen LogP contribution is 2.26. The van der Waals surface area contributed by atoms with Gasteiger partial charge < -0.3 is 20.5 Å². The molecular weight excluding hydrogens is 401 g/mol. The van der Waals surface area contributed by atoms with Crippen LogP contribution in [0, 0.1) is 0 Å². The van der Waals surface area contributed by atoms with Crippen LogP contribution in [-0.2, 0) is 11.2 Å². The van der Waals surface area contributed by atoms with E-state index in [4.69, 9.17) is 5.11 Å². The van der Waals surface area contributed by atoms with E-state index in [-0.39, 0.29) is 11.7 Å². The molecule has 2 aromatic carbocycles. The molecule has 0 fully saturated rings. The maximum Gasteiger partial charge on any atom is 0.573 e. The summed E-state index contributed by atoms with van der Waals surface area (Å²) >= 11 is 0. The first-order chi connectivity index (χ1) is 14.2. The van der Waals surface area contributed by atoms with Gasteiger partial charge in [-0.1, -0.05) is 49.7 Å². The van der Waals surface area contributed by atoms with Crippen molar-refractivity contribution < 1.29 is 32.6 Å². The third-order valence-corrected chi connectivity index (χ3v) is 4.28. The maximum atomic E-state index is 12.2. The molecule has 3 N–H and O–H groups in total. The molecule has 9 heteroatoms. The number of halogens is 3. The molecule has 0 bridgehead atoms. The van der Waals surface area contributed by atoms with Gasteiger partial charge in [0.1, 0.15) is 11.8 Å². The second-order valence-electron chi connectivity index (χ2n) is 6.60. The predicted octanol–water partition coefficient (Wildman–Crippen LogP) is 4.35. The molecule has 0 heterocycles. The summed E-state index contributed by atoms with van der Waals surface area (Å²) in [7, 11) is 0. The van der Waals surface area contributed by atoms with Crippen LogP contribution in [0.5, 0.6) is 5.75 Å². The van der Waals surface area contributed by atoms with Crippen LogP contribution >= 0.6 is 0 Å². The van der Waals surface area contributed by atoms with E-state index in [9.17, 15) is 22.8 Å². The van der Waals surface area contributed by atoms with E-state index >= 15 is 0 Å². The summed E-state index contributed by atoms with van der Waals surface area (Å²) in [4.78, 5) is 22.9. The molecule has 1 atom stereocenters. The smallest absolute Gasteiger partial charge is 0.465 e. The first-order valence-corrected chi connectivity index (χ1v) is 9.40. The van der Waals surface area contributed by atoms with Gasteiger partial charge in [0.05, 0.1) is 0 Å². The molecule has 2 rings (SSSR count). The molecule has 0 saturated carbocycles. The first-order valence-electron chi connectivity index (χ1n) is 9.40. The van der Waals surface area contributed by atoms with Gasteiger partial charge in [0.15, 0.2) is 0 Å². The summed E-state index contributed by atoms with van der Waals surface area (Å²) in [5.41, 5.74) is 2.52. The normalized spacial score (nSPS) is 12.1. The summed E-state index contributed by atoms with van der Waals surface area (Å²) in [6, 6.07) is 12.2. The molecule has 1 unspecified atom stereocenters. The second kappa shape index (κ2) is 10.5. The minimum atomic E-state index is -4.72. The number of alkyl halides is 3. The van der Waals surface area contributed by atoms with Crippen LogP contribution in [0.1, 0.15) is 25.3 Å². The molecule has 0 spiro atoms. The summed E-state index contributed by atoms with van der Waals surface area (Å²) in [6.45, 7) is 2.21. The van der Waals surface area contributed by atoms with Crippen molar-refractivity contribution in [1.82, 2.24) is 10.6 Å². The number of amides is 2. The fourth-order valence-electron chi connectivity index (χ4n) is 2.87. The molecule has 0 radical (unpaired) electrons. The van der Waals surface area contributed by atoms with E-state index in [0.717, 1.165) is 16.7 Å². The number of rotatable bonds is 9. The Morgan fingerprint density at radius 2 is 1.60 bits per heavy atom. The van der Waals surface area contributed by atoms with Crippen molar-refractivity contribution in [3.63, 3.8) is 0 Å². The Kier molecular flexibility index (Phi) is 8.08. The minimum absolute atomic E-state index is 0.280. The van der Waals surface area contributed by atoms with Crippen molar-refractivity contribution in [3.8, 4) is 16.9 Å². The number of carbonyl (C=O) groups excluding carboxylic acids is 1. The molecule has 0 saturated heterocycles. The number of nitrogens with one attached hydrogen (secondary N) is 2. The fraction of sp³-hybridized carbons (Fsp3) is 0.333. The summed E-state index contributed by atoms with van der Waals surface area (Å²) in [5, 5.41) is 13.7. The predicted molar refractivity (Wildman–Crippen MR) is 105 cm³/mol. The quantitative estimate of drug-likeness (QED) is 0.559. The lowest BCUT2D eigenvalue weighted by molar-refractivity contribution is -0.274. The highest BCUT2D eigenvalue weighted by Gasteiger charge is 2.30. The maximum absolute atomic E-state index is 12.2. The number of carbonyl (C=O) groups is 2. The molecule has 30 heavy (non-hydrogen) atoms. The van der Waals surface area contributed by atoms with Crippen LogP contribution < -0.4 is 15.4 Å². The van der Waals surface area contributed by atoms with Crippen molar-refractivity contribution in [3.05, 3.63) is 54.1 Å². The molecule has 0 aliphatic rings. The molecule has 0 aliphatic heterocycles. The van der Waals surface area contributed by atoms with Crippen LogP contribution in [0.15, 0.2) is 48.5 Å². The van der Waals surface area contributed by atoms with Gasteiger partial charge in [0, 0.05) is 6.54 Å². The monoisotopic (exact) mass is 424 g/mol. The van der Waals surface area contributed by atoms with Crippen LogP contribution in [-0.4, -0.2) is 36.1 Å². The van der Waals surface area contributed by atoms with Gasteiger partial charge in [-0.15, -0.1) is 13.2 Å². The van der Waals surface area contributed by atoms with Gasteiger partial charge in [-0.25, -0.2) is 4.79 Å². The zero-order valence-corrected chi connectivity index (χ0v) is 16.3. The fourth-order valence-corrected chi connectivity index (χ4v) is 2.87. The lowest BCUT2D eigenvalue weighted by Crippen LogP contribution is -2.46. The van der Waals surface area contributed by atoms with Crippen LogP contribution in [0.4, 0.5) is 18.0 Å². The van der Waals surface area contributed by atoms with Gasteiger partial charge in [-0.3, -0.25) is 4.79 Å². The van der Waals surface area contributed by atoms with Crippen LogP contribution in [0.25, 0.3) is 11.1 Å². The summed E-state index contributed by atoms with van der Waals surface area (Å²) in [5.74, 6) is -0.644. The van der Waals surface area contributed by atoms with Crippen molar-refractivity contribution in [1.29, 1.82) is 0 Å². The van der Waals surface area contributed by atoms with Crippen molar-refractivity contribution in [2.75, 3.05) is 6.54 Å². The van der Waals surface area contributed by atoms with Crippen molar-refractivity contribution in [2.24, 2.45) is 0 Å². The van der Waals surface area contributed by atoms with Gasteiger partial charge in [-0.2, -0.15) is 0 Å². The van der Waals surface area contributed by atoms with E-state index in [0.29, 0.717) is 25.8 Å². The summed E-state index contributed by atoms with van der Waals surface area (Å²) in [6.07, 6.45) is -4.32. The van der Waals surface area contributed by atoms with Crippen LogP contribution in [0.3, 0.4) is 0 Å². The van der Waals surface area contributed by atoms with Gasteiger partial charge in [0.2, 0.25) is 5.91 Å². The average molecular weight is 424 g/mol. The first kappa shape index (κ1) is 23.1. The van der Waals surface area contributed by atoms with E-state index in [2.05, 4.69) is 15.4 Å². The third-order valence-electron chi connectivity index (χ3n) is 4.28. The van der Waals surface area contributed by atoms with Crippen molar-refractivity contribution in [2.45, 2.75) is 38.6 Å². The Morgan fingerprint density at radius 3 is 2.10 bits per heavy atom. The third kappa shape index (κ3) is 7.65. The Bertz CT molecular complexity index is 837. The minimum Gasteiger partial charge on any atom is -0.465 e. The van der Waals surface area contributed by atoms with E-state index in [1.165, 1.54) is 12.1 Å².